The molecular weight excluding hydrogens is 240 g/mol. The second-order valence-corrected chi connectivity index (χ2v) is 7.08. The maximum atomic E-state index is 12.4. The van der Waals surface area contributed by atoms with Gasteiger partial charge in [-0.05, 0) is 31.6 Å². The Kier molecular flexibility index (Phi) is 4.07. The Morgan fingerprint density at radius 3 is 2.59 bits per heavy atom. The Bertz CT molecular complexity index is 358. The predicted molar refractivity (Wildman–Crippen MR) is 65.7 cm³/mol. The first kappa shape index (κ1) is 13.3. The van der Waals surface area contributed by atoms with Gasteiger partial charge < -0.3 is 5.11 Å². The van der Waals surface area contributed by atoms with Gasteiger partial charge in [-0.2, -0.15) is 17.0 Å². The molecule has 2 rings (SSSR count). The lowest BCUT2D eigenvalue weighted by atomic mass is 10.0. The quantitative estimate of drug-likeness (QED) is 0.802. The predicted octanol–water partition coefficient (Wildman–Crippen LogP) is 0.420. The Hall–Kier alpha value is -0.170. The molecule has 2 heterocycles. The molecule has 0 aromatic heterocycles. The summed E-state index contributed by atoms with van der Waals surface area (Å²) < 4.78 is 28.0. The molecule has 5 nitrogen and oxygen atoms in total. The largest absolute Gasteiger partial charge is 0.395 e. The highest BCUT2D eigenvalue weighted by Gasteiger charge is 2.38. The molecule has 2 aliphatic heterocycles. The first-order valence-corrected chi connectivity index (χ1v) is 7.83. The van der Waals surface area contributed by atoms with E-state index in [4.69, 9.17) is 0 Å². The number of piperidine rings is 1. The topological polar surface area (TPSA) is 60.9 Å². The Labute approximate surface area is 104 Å². The first-order valence-electron chi connectivity index (χ1n) is 6.43. The van der Waals surface area contributed by atoms with Crippen molar-refractivity contribution in [2.45, 2.75) is 38.6 Å². The molecule has 0 aliphatic carbocycles. The first-order chi connectivity index (χ1) is 8.05. The summed E-state index contributed by atoms with van der Waals surface area (Å²) in [6.07, 6.45) is 3.68. The maximum Gasteiger partial charge on any atom is 0.282 e. The summed E-state index contributed by atoms with van der Waals surface area (Å²) in [6.45, 7) is 3.83. The van der Waals surface area contributed by atoms with Crippen LogP contribution in [0.3, 0.4) is 0 Å². The average molecular weight is 262 g/mol. The zero-order valence-corrected chi connectivity index (χ0v) is 11.2. The lowest BCUT2D eigenvalue weighted by Crippen LogP contribution is -2.49. The second kappa shape index (κ2) is 5.22. The van der Waals surface area contributed by atoms with E-state index in [0.29, 0.717) is 25.6 Å². The molecule has 2 atom stereocenters. The fourth-order valence-corrected chi connectivity index (χ4v) is 4.81. The van der Waals surface area contributed by atoms with Crippen LogP contribution in [0.1, 0.15) is 32.6 Å². The van der Waals surface area contributed by atoms with Crippen LogP contribution in [0.4, 0.5) is 0 Å². The van der Waals surface area contributed by atoms with Crippen LogP contribution in [0, 0.1) is 5.92 Å². The lowest BCUT2D eigenvalue weighted by molar-refractivity contribution is 0.198. The van der Waals surface area contributed by atoms with Gasteiger partial charge in [0, 0.05) is 25.7 Å². The number of aliphatic hydroxyl groups is 1. The summed E-state index contributed by atoms with van der Waals surface area (Å²) in [6, 6.07) is -0.211. The van der Waals surface area contributed by atoms with Crippen molar-refractivity contribution in [1.82, 2.24) is 8.61 Å². The summed E-state index contributed by atoms with van der Waals surface area (Å²) in [4.78, 5) is 0. The highest BCUT2D eigenvalue weighted by Crippen LogP contribution is 2.26. The van der Waals surface area contributed by atoms with E-state index in [9.17, 15) is 13.5 Å². The maximum absolute atomic E-state index is 12.4. The SMILES string of the molecule is CC1CCCN(S(=O)(=O)N2CCC[C@H]2CO)C1. The van der Waals surface area contributed by atoms with E-state index in [1.165, 1.54) is 4.31 Å². The van der Waals surface area contributed by atoms with Crippen LogP contribution in [-0.2, 0) is 10.2 Å². The zero-order valence-electron chi connectivity index (χ0n) is 10.4. The molecule has 1 unspecified atom stereocenters. The van der Waals surface area contributed by atoms with Gasteiger partial charge in [0.2, 0.25) is 0 Å². The van der Waals surface area contributed by atoms with Crippen molar-refractivity contribution >= 4 is 10.2 Å². The number of hydrogen-bond acceptors (Lipinski definition) is 3. The highest BCUT2D eigenvalue weighted by atomic mass is 32.2. The van der Waals surface area contributed by atoms with Crippen LogP contribution in [0.15, 0.2) is 0 Å². The minimum Gasteiger partial charge on any atom is -0.395 e. The minimum absolute atomic E-state index is 0.0668. The van der Waals surface area contributed by atoms with Crippen LogP contribution in [0.5, 0.6) is 0 Å². The molecule has 0 aromatic rings. The smallest absolute Gasteiger partial charge is 0.282 e. The highest BCUT2D eigenvalue weighted by molar-refractivity contribution is 7.86. The fraction of sp³-hybridized carbons (Fsp3) is 1.00. The molecule has 0 spiro atoms. The molecular formula is C11H22N2O3S. The normalized spacial score (nSPS) is 33.1. The van der Waals surface area contributed by atoms with Crippen molar-refractivity contribution in [3.63, 3.8) is 0 Å². The van der Waals surface area contributed by atoms with Gasteiger partial charge in [0.15, 0.2) is 0 Å². The van der Waals surface area contributed by atoms with Crippen molar-refractivity contribution in [1.29, 1.82) is 0 Å². The van der Waals surface area contributed by atoms with Gasteiger partial charge in [-0.1, -0.05) is 6.92 Å². The van der Waals surface area contributed by atoms with E-state index in [0.717, 1.165) is 25.7 Å². The van der Waals surface area contributed by atoms with E-state index in [2.05, 4.69) is 6.92 Å². The third-order valence-electron chi connectivity index (χ3n) is 3.78. The fourth-order valence-electron chi connectivity index (χ4n) is 2.80. The molecule has 100 valence electrons. The molecule has 6 heteroatoms. The van der Waals surface area contributed by atoms with Crippen LogP contribution in [-0.4, -0.2) is 54.4 Å². The molecule has 17 heavy (non-hydrogen) atoms. The van der Waals surface area contributed by atoms with Gasteiger partial charge in [-0.15, -0.1) is 0 Å². The molecule has 1 N–H and O–H groups in total. The van der Waals surface area contributed by atoms with E-state index in [1.807, 2.05) is 0 Å². The molecule has 0 bridgehead atoms. The van der Waals surface area contributed by atoms with Gasteiger partial charge in [0.1, 0.15) is 0 Å². The minimum atomic E-state index is -3.35. The van der Waals surface area contributed by atoms with Crippen molar-refractivity contribution in [2.75, 3.05) is 26.2 Å². The third-order valence-corrected chi connectivity index (χ3v) is 5.83. The van der Waals surface area contributed by atoms with Gasteiger partial charge in [-0.3, -0.25) is 0 Å². The average Bonchev–Trinajstić information content (AvgIpc) is 2.77. The number of hydrogen-bond donors (Lipinski definition) is 1. The van der Waals surface area contributed by atoms with E-state index in [-0.39, 0.29) is 12.6 Å². The van der Waals surface area contributed by atoms with Crippen LogP contribution < -0.4 is 0 Å². The van der Waals surface area contributed by atoms with E-state index >= 15 is 0 Å². The van der Waals surface area contributed by atoms with Gasteiger partial charge in [-0.25, -0.2) is 0 Å². The number of nitrogens with zero attached hydrogens (tertiary/aromatic N) is 2. The monoisotopic (exact) mass is 262 g/mol. The Morgan fingerprint density at radius 2 is 1.94 bits per heavy atom. The number of rotatable bonds is 3. The van der Waals surface area contributed by atoms with Crippen molar-refractivity contribution in [3.05, 3.63) is 0 Å². The Balaban J connectivity index is 2.12. The van der Waals surface area contributed by atoms with E-state index in [1.54, 1.807) is 4.31 Å². The molecule has 2 fully saturated rings. The van der Waals surface area contributed by atoms with Crippen molar-refractivity contribution < 1.29 is 13.5 Å². The zero-order chi connectivity index (χ0) is 12.5. The van der Waals surface area contributed by atoms with Crippen LogP contribution in [0.2, 0.25) is 0 Å². The molecule has 2 aliphatic rings. The molecule has 2 saturated heterocycles. The second-order valence-electron chi connectivity index (χ2n) is 5.20. The molecule has 0 radical (unpaired) electrons. The summed E-state index contributed by atoms with van der Waals surface area (Å²) in [5, 5.41) is 9.23. The van der Waals surface area contributed by atoms with Crippen molar-refractivity contribution in [3.8, 4) is 0 Å². The summed E-state index contributed by atoms with van der Waals surface area (Å²) in [7, 11) is -3.35. The third kappa shape index (κ3) is 2.65. The van der Waals surface area contributed by atoms with Gasteiger partial charge >= 0.3 is 0 Å². The van der Waals surface area contributed by atoms with Gasteiger partial charge in [0.25, 0.3) is 10.2 Å². The summed E-state index contributed by atoms with van der Waals surface area (Å²) in [5.74, 6) is 0.439. The standard InChI is InChI=1S/C11H22N2O3S/c1-10-4-2-6-12(8-10)17(15,16)13-7-3-5-11(13)9-14/h10-11,14H,2-9H2,1H3/t10?,11-/m0/s1. The Morgan fingerprint density at radius 1 is 1.24 bits per heavy atom. The molecule has 0 amide bonds. The van der Waals surface area contributed by atoms with Crippen molar-refractivity contribution in [2.24, 2.45) is 5.92 Å². The van der Waals surface area contributed by atoms with Crippen LogP contribution in [0.25, 0.3) is 0 Å². The summed E-state index contributed by atoms with van der Waals surface area (Å²) >= 11 is 0. The van der Waals surface area contributed by atoms with Gasteiger partial charge in [0.05, 0.1) is 6.61 Å². The van der Waals surface area contributed by atoms with Crippen LogP contribution >= 0.6 is 0 Å². The van der Waals surface area contributed by atoms with E-state index < -0.39 is 10.2 Å². The summed E-state index contributed by atoms with van der Waals surface area (Å²) in [5.41, 5.74) is 0. The number of aliphatic hydroxyl groups excluding tert-OH is 1. The lowest BCUT2D eigenvalue weighted by Gasteiger charge is -2.34. The molecule has 0 aromatic carbocycles. The molecule has 0 saturated carbocycles.